The van der Waals surface area contributed by atoms with Gasteiger partial charge in [0.25, 0.3) is 0 Å². The molecule has 46 valence electrons. The van der Waals surface area contributed by atoms with Gasteiger partial charge in [-0.15, -0.1) is 0 Å². The molecular formula is C5H5N3O. The molecule has 1 atom stereocenters. The quantitative estimate of drug-likeness (QED) is 0.293. The highest BCUT2D eigenvalue weighted by Gasteiger charge is 2.12. The average molecular weight is 123 g/mol. The second kappa shape index (κ2) is 2.33. The van der Waals surface area contributed by atoms with Crippen molar-refractivity contribution in [1.82, 2.24) is 0 Å². The van der Waals surface area contributed by atoms with E-state index in [9.17, 15) is 4.79 Å². The van der Waals surface area contributed by atoms with Crippen LogP contribution in [0.15, 0.2) is 17.3 Å². The molecule has 0 aromatic heterocycles. The monoisotopic (exact) mass is 123 g/mol. The van der Waals surface area contributed by atoms with Crippen LogP contribution in [0.1, 0.15) is 6.42 Å². The first kappa shape index (κ1) is 5.85. The number of azide groups is 1. The predicted molar refractivity (Wildman–Crippen MR) is 31.7 cm³/mol. The topological polar surface area (TPSA) is 65.8 Å². The molecule has 1 unspecified atom stereocenters. The molecule has 0 fully saturated rings. The van der Waals surface area contributed by atoms with E-state index >= 15 is 0 Å². The van der Waals surface area contributed by atoms with Crippen LogP contribution in [0, 0.1) is 0 Å². The summed E-state index contributed by atoms with van der Waals surface area (Å²) in [6, 6.07) is -0.234. The van der Waals surface area contributed by atoms with Crippen LogP contribution in [0.3, 0.4) is 0 Å². The van der Waals surface area contributed by atoms with Crippen molar-refractivity contribution in [1.29, 1.82) is 0 Å². The molecule has 4 heteroatoms. The molecule has 0 aliphatic heterocycles. The van der Waals surface area contributed by atoms with Gasteiger partial charge in [-0.3, -0.25) is 4.79 Å². The maximum Gasteiger partial charge on any atom is 0.156 e. The van der Waals surface area contributed by atoms with Gasteiger partial charge in [0.15, 0.2) is 5.78 Å². The summed E-state index contributed by atoms with van der Waals surface area (Å²) in [7, 11) is 0. The van der Waals surface area contributed by atoms with Crippen molar-refractivity contribution in [2.45, 2.75) is 12.5 Å². The fourth-order valence-corrected chi connectivity index (χ4v) is 0.706. The molecule has 0 aromatic carbocycles. The van der Waals surface area contributed by atoms with Gasteiger partial charge < -0.3 is 0 Å². The molecule has 1 aliphatic rings. The summed E-state index contributed by atoms with van der Waals surface area (Å²) in [4.78, 5) is 13.0. The normalized spacial score (nSPS) is 24.0. The third-order valence-corrected chi connectivity index (χ3v) is 1.11. The van der Waals surface area contributed by atoms with Crippen molar-refractivity contribution in [2.24, 2.45) is 5.11 Å². The van der Waals surface area contributed by atoms with Crippen LogP contribution >= 0.6 is 0 Å². The number of carbonyl (C=O) groups is 1. The minimum absolute atomic E-state index is 0.0346. The highest BCUT2D eigenvalue weighted by atomic mass is 16.1. The van der Waals surface area contributed by atoms with Gasteiger partial charge in [-0.05, 0) is 11.6 Å². The van der Waals surface area contributed by atoms with Crippen LogP contribution in [0.25, 0.3) is 10.4 Å². The Balaban J connectivity index is 2.60. The van der Waals surface area contributed by atoms with Crippen molar-refractivity contribution in [3.8, 4) is 0 Å². The zero-order chi connectivity index (χ0) is 6.69. The third kappa shape index (κ3) is 1.30. The van der Waals surface area contributed by atoms with Crippen molar-refractivity contribution >= 4 is 5.78 Å². The minimum atomic E-state index is -0.234. The molecular weight excluding hydrogens is 118 g/mol. The number of carbonyl (C=O) groups excluding carboxylic acids is 1. The van der Waals surface area contributed by atoms with Crippen molar-refractivity contribution in [2.75, 3.05) is 0 Å². The highest BCUT2D eigenvalue weighted by Crippen LogP contribution is 2.09. The van der Waals surface area contributed by atoms with Gasteiger partial charge in [0.05, 0.1) is 6.04 Å². The van der Waals surface area contributed by atoms with Gasteiger partial charge in [-0.1, -0.05) is 11.2 Å². The van der Waals surface area contributed by atoms with E-state index in [0.29, 0.717) is 6.42 Å². The van der Waals surface area contributed by atoms with Gasteiger partial charge in [0.2, 0.25) is 0 Å². The Kier molecular flexibility index (Phi) is 1.51. The molecule has 0 heterocycles. The van der Waals surface area contributed by atoms with E-state index in [1.165, 1.54) is 6.08 Å². The van der Waals surface area contributed by atoms with E-state index in [4.69, 9.17) is 5.53 Å². The Morgan fingerprint density at radius 1 is 1.89 bits per heavy atom. The van der Waals surface area contributed by atoms with Crippen LogP contribution in [-0.2, 0) is 4.79 Å². The fourth-order valence-electron chi connectivity index (χ4n) is 0.706. The number of nitrogens with zero attached hydrogens (tertiary/aromatic N) is 3. The first-order chi connectivity index (χ1) is 4.33. The SMILES string of the molecule is [N-]=[N+]=NC1C=CC(=O)C1. The summed E-state index contributed by atoms with van der Waals surface area (Å²) < 4.78 is 0. The van der Waals surface area contributed by atoms with Crippen molar-refractivity contribution in [3.63, 3.8) is 0 Å². The smallest absolute Gasteiger partial charge is 0.156 e. The molecule has 0 saturated carbocycles. The first-order valence-corrected chi connectivity index (χ1v) is 2.58. The Morgan fingerprint density at radius 2 is 2.67 bits per heavy atom. The van der Waals surface area contributed by atoms with Crippen molar-refractivity contribution < 1.29 is 4.79 Å². The number of rotatable bonds is 1. The minimum Gasteiger partial charge on any atom is -0.295 e. The zero-order valence-corrected chi connectivity index (χ0v) is 4.69. The van der Waals surface area contributed by atoms with Crippen LogP contribution in [0.4, 0.5) is 0 Å². The van der Waals surface area contributed by atoms with Gasteiger partial charge >= 0.3 is 0 Å². The fraction of sp³-hybridized carbons (Fsp3) is 0.400. The molecule has 0 saturated heterocycles. The van der Waals surface area contributed by atoms with Crippen LogP contribution in [0.5, 0.6) is 0 Å². The van der Waals surface area contributed by atoms with Crippen LogP contribution in [0.2, 0.25) is 0 Å². The molecule has 0 spiro atoms. The van der Waals surface area contributed by atoms with Crippen LogP contribution in [-0.4, -0.2) is 11.8 Å². The lowest BCUT2D eigenvalue weighted by Gasteiger charge is -1.90. The molecule has 0 amide bonds. The van der Waals surface area contributed by atoms with E-state index in [0.717, 1.165) is 0 Å². The standard InChI is InChI=1S/C5H5N3O/c6-8-7-4-1-2-5(9)3-4/h1-2,4H,3H2. The molecule has 0 radical (unpaired) electrons. The van der Waals surface area contributed by atoms with E-state index in [1.807, 2.05) is 0 Å². The zero-order valence-electron chi connectivity index (χ0n) is 4.69. The lowest BCUT2D eigenvalue weighted by atomic mass is 10.3. The molecule has 4 nitrogen and oxygen atoms in total. The number of hydrogen-bond acceptors (Lipinski definition) is 2. The third-order valence-electron chi connectivity index (χ3n) is 1.11. The Morgan fingerprint density at radius 3 is 3.11 bits per heavy atom. The van der Waals surface area contributed by atoms with Gasteiger partial charge in [-0.25, -0.2) is 0 Å². The van der Waals surface area contributed by atoms with E-state index in [-0.39, 0.29) is 11.8 Å². The number of hydrogen-bond donors (Lipinski definition) is 0. The predicted octanol–water partition coefficient (Wildman–Crippen LogP) is 1.19. The highest BCUT2D eigenvalue weighted by molar-refractivity contribution is 5.92. The molecule has 0 N–H and O–H groups in total. The van der Waals surface area contributed by atoms with Gasteiger partial charge in [-0.2, -0.15) is 0 Å². The summed E-state index contributed by atoms with van der Waals surface area (Å²) in [5.41, 5.74) is 7.93. The Hall–Kier alpha value is -1.28. The molecule has 0 bridgehead atoms. The maximum absolute atomic E-state index is 10.5. The summed E-state index contributed by atoms with van der Waals surface area (Å²) in [6.45, 7) is 0. The lowest BCUT2D eigenvalue weighted by Crippen LogP contribution is -1.96. The number of ketones is 1. The Labute approximate surface area is 51.8 Å². The summed E-state index contributed by atoms with van der Waals surface area (Å²) in [5.74, 6) is 0.0346. The summed E-state index contributed by atoms with van der Waals surface area (Å²) >= 11 is 0. The molecule has 1 rings (SSSR count). The van der Waals surface area contributed by atoms with E-state index in [2.05, 4.69) is 10.0 Å². The van der Waals surface area contributed by atoms with Gasteiger partial charge in [0.1, 0.15) is 0 Å². The number of allylic oxidation sites excluding steroid dienone is 1. The Bertz CT molecular complexity index is 202. The molecule has 0 aromatic rings. The van der Waals surface area contributed by atoms with Crippen molar-refractivity contribution in [3.05, 3.63) is 22.6 Å². The molecule has 1 aliphatic carbocycles. The van der Waals surface area contributed by atoms with Gasteiger partial charge in [0, 0.05) is 11.3 Å². The average Bonchev–Trinajstić information content (AvgIpc) is 2.17. The second-order valence-electron chi connectivity index (χ2n) is 1.80. The summed E-state index contributed by atoms with van der Waals surface area (Å²) in [5, 5.41) is 3.35. The summed E-state index contributed by atoms with van der Waals surface area (Å²) in [6.07, 6.45) is 3.39. The first-order valence-electron chi connectivity index (χ1n) is 2.58. The van der Waals surface area contributed by atoms with E-state index < -0.39 is 0 Å². The second-order valence-corrected chi connectivity index (χ2v) is 1.80. The largest absolute Gasteiger partial charge is 0.295 e. The molecule has 9 heavy (non-hydrogen) atoms. The maximum atomic E-state index is 10.5. The van der Waals surface area contributed by atoms with Crippen LogP contribution < -0.4 is 0 Å². The van der Waals surface area contributed by atoms with E-state index in [1.54, 1.807) is 6.08 Å². The lowest BCUT2D eigenvalue weighted by molar-refractivity contribution is -0.114.